The molecule has 1 heterocycles. The molecule has 3 rings (SSSR count). The van der Waals surface area contributed by atoms with Crippen LogP contribution in [0.5, 0.6) is 5.75 Å². The van der Waals surface area contributed by atoms with Crippen LogP contribution in [-0.2, 0) is 6.73 Å². The summed E-state index contributed by atoms with van der Waals surface area (Å²) in [7, 11) is 0. The van der Waals surface area contributed by atoms with E-state index in [1.54, 1.807) is 12.3 Å². The molecule has 1 aliphatic rings. The van der Waals surface area contributed by atoms with E-state index in [1.807, 2.05) is 0 Å². The topological polar surface area (TPSA) is 56.2 Å². The van der Waals surface area contributed by atoms with Crippen molar-refractivity contribution in [2.24, 2.45) is 5.92 Å². The third-order valence-corrected chi connectivity index (χ3v) is 3.90. The molecule has 5 nitrogen and oxygen atoms in total. The second-order valence-electron chi connectivity index (χ2n) is 5.60. The summed E-state index contributed by atoms with van der Waals surface area (Å²) in [6.07, 6.45) is 5.11. The summed E-state index contributed by atoms with van der Waals surface area (Å²) < 4.78 is 32.8. The lowest BCUT2D eigenvalue weighted by Gasteiger charge is -2.25. The zero-order valence-electron chi connectivity index (χ0n) is 12.5. The van der Waals surface area contributed by atoms with Gasteiger partial charge in [-0.1, -0.05) is 6.42 Å². The maximum absolute atomic E-state index is 13.4. The SMILES string of the molecule is O=C(NCC1CCC1)c1ccn(COc2ccc(F)cc2F)n1. The first kappa shape index (κ1) is 15.5. The molecular formula is C16H17F2N3O2. The van der Waals surface area contributed by atoms with Crippen molar-refractivity contribution < 1.29 is 18.3 Å². The Labute approximate surface area is 132 Å². The molecule has 1 aromatic carbocycles. The summed E-state index contributed by atoms with van der Waals surface area (Å²) >= 11 is 0. The largest absolute Gasteiger partial charge is 0.468 e. The van der Waals surface area contributed by atoms with Gasteiger partial charge in [0.2, 0.25) is 0 Å². The van der Waals surface area contributed by atoms with E-state index in [2.05, 4.69) is 10.4 Å². The molecule has 0 unspecified atom stereocenters. The Hall–Kier alpha value is -2.44. The Morgan fingerprint density at radius 1 is 1.35 bits per heavy atom. The van der Waals surface area contributed by atoms with Crippen LogP contribution >= 0.6 is 0 Å². The molecule has 0 spiro atoms. The van der Waals surface area contributed by atoms with Gasteiger partial charge in [0.15, 0.2) is 18.3 Å². The number of benzene rings is 1. The monoisotopic (exact) mass is 321 g/mol. The van der Waals surface area contributed by atoms with E-state index >= 15 is 0 Å². The molecule has 23 heavy (non-hydrogen) atoms. The molecule has 7 heteroatoms. The van der Waals surface area contributed by atoms with Crippen molar-refractivity contribution >= 4 is 5.91 Å². The van der Waals surface area contributed by atoms with Gasteiger partial charge >= 0.3 is 0 Å². The van der Waals surface area contributed by atoms with Gasteiger partial charge in [0.1, 0.15) is 11.5 Å². The van der Waals surface area contributed by atoms with Gasteiger partial charge in [-0.15, -0.1) is 0 Å². The van der Waals surface area contributed by atoms with Crippen LogP contribution in [0, 0.1) is 17.6 Å². The Morgan fingerprint density at radius 3 is 2.87 bits per heavy atom. The number of nitrogens with one attached hydrogen (secondary N) is 1. The molecule has 1 amide bonds. The number of aromatic nitrogens is 2. The predicted molar refractivity (Wildman–Crippen MR) is 78.9 cm³/mol. The van der Waals surface area contributed by atoms with Gasteiger partial charge in [0.25, 0.3) is 5.91 Å². The highest BCUT2D eigenvalue weighted by Gasteiger charge is 2.19. The first-order valence-corrected chi connectivity index (χ1v) is 7.51. The van der Waals surface area contributed by atoms with Crippen molar-refractivity contribution in [3.05, 3.63) is 47.8 Å². The molecule has 1 aliphatic carbocycles. The highest BCUT2D eigenvalue weighted by atomic mass is 19.1. The van der Waals surface area contributed by atoms with Crippen LogP contribution in [-0.4, -0.2) is 22.2 Å². The Morgan fingerprint density at radius 2 is 2.17 bits per heavy atom. The second-order valence-corrected chi connectivity index (χ2v) is 5.60. The number of hydrogen-bond donors (Lipinski definition) is 1. The van der Waals surface area contributed by atoms with E-state index in [4.69, 9.17) is 4.74 Å². The molecule has 1 N–H and O–H groups in total. The van der Waals surface area contributed by atoms with Crippen LogP contribution in [0.25, 0.3) is 0 Å². The molecular weight excluding hydrogens is 304 g/mol. The second kappa shape index (κ2) is 6.76. The van der Waals surface area contributed by atoms with E-state index < -0.39 is 11.6 Å². The molecule has 122 valence electrons. The normalized spacial score (nSPS) is 14.3. The van der Waals surface area contributed by atoms with Crippen LogP contribution in [0.2, 0.25) is 0 Å². The lowest BCUT2D eigenvalue weighted by Crippen LogP contribution is -2.32. The minimum Gasteiger partial charge on any atom is -0.468 e. The highest BCUT2D eigenvalue weighted by molar-refractivity contribution is 5.92. The summed E-state index contributed by atoms with van der Waals surface area (Å²) in [4.78, 5) is 11.9. The first-order valence-electron chi connectivity index (χ1n) is 7.51. The lowest BCUT2D eigenvalue weighted by molar-refractivity contribution is 0.0932. The van der Waals surface area contributed by atoms with Crippen molar-refractivity contribution in [2.45, 2.75) is 26.0 Å². The van der Waals surface area contributed by atoms with Crippen molar-refractivity contribution in [2.75, 3.05) is 6.54 Å². The third-order valence-electron chi connectivity index (χ3n) is 3.90. The molecule has 2 aromatic rings. The average Bonchev–Trinajstić information content (AvgIpc) is 2.93. The number of amides is 1. The van der Waals surface area contributed by atoms with E-state index in [0.717, 1.165) is 25.0 Å². The zero-order valence-corrected chi connectivity index (χ0v) is 12.5. The predicted octanol–water partition coefficient (Wildman–Crippen LogP) is 2.73. The molecule has 1 fully saturated rings. The minimum absolute atomic E-state index is 0.0710. The van der Waals surface area contributed by atoms with Gasteiger partial charge in [-0.2, -0.15) is 5.10 Å². The van der Waals surface area contributed by atoms with Gasteiger partial charge in [-0.3, -0.25) is 4.79 Å². The van der Waals surface area contributed by atoms with Gasteiger partial charge < -0.3 is 10.1 Å². The van der Waals surface area contributed by atoms with Crippen LogP contribution in [0.4, 0.5) is 8.78 Å². The van der Waals surface area contributed by atoms with Crippen LogP contribution in [0.3, 0.4) is 0 Å². The molecule has 0 bridgehead atoms. The number of halogens is 2. The number of carbonyl (C=O) groups is 1. The fourth-order valence-electron chi connectivity index (χ4n) is 2.31. The Kier molecular flexibility index (Phi) is 4.55. The van der Waals surface area contributed by atoms with Gasteiger partial charge in [-0.05, 0) is 37.0 Å². The first-order chi connectivity index (χ1) is 11.1. The fourth-order valence-corrected chi connectivity index (χ4v) is 2.31. The summed E-state index contributed by atoms with van der Waals surface area (Å²) in [5, 5.41) is 6.92. The van der Waals surface area contributed by atoms with Gasteiger partial charge in [0, 0.05) is 18.8 Å². The Balaban J connectivity index is 1.53. The smallest absolute Gasteiger partial charge is 0.271 e. The van der Waals surface area contributed by atoms with Crippen LogP contribution < -0.4 is 10.1 Å². The van der Waals surface area contributed by atoms with Crippen LogP contribution in [0.1, 0.15) is 29.8 Å². The number of hydrogen-bond acceptors (Lipinski definition) is 3. The molecule has 0 saturated heterocycles. The van der Waals surface area contributed by atoms with Crippen molar-refractivity contribution in [1.82, 2.24) is 15.1 Å². The van der Waals surface area contributed by atoms with Crippen molar-refractivity contribution in [1.29, 1.82) is 0 Å². The zero-order chi connectivity index (χ0) is 16.2. The molecule has 0 atom stereocenters. The number of ether oxygens (including phenoxy) is 1. The average molecular weight is 321 g/mol. The van der Waals surface area contributed by atoms with Crippen LogP contribution in [0.15, 0.2) is 30.5 Å². The van der Waals surface area contributed by atoms with Gasteiger partial charge in [0.05, 0.1) is 0 Å². The van der Waals surface area contributed by atoms with E-state index in [0.29, 0.717) is 12.5 Å². The standard InChI is InChI=1S/C16H17F2N3O2/c17-12-4-5-15(13(18)8-12)23-10-21-7-6-14(20-21)16(22)19-9-11-2-1-3-11/h4-8,11H,1-3,9-10H2,(H,19,22). The maximum Gasteiger partial charge on any atom is 0.271 e. The maximum atomic E-state index is 13.4. The van der Waals surface area contributed by atoms with Crippen molar-refractivity contribution in [3.63, 3.8) is 0 Å². The number of nitrogens with zero attached hydrogens (tertiary/aromatic N) is 2. The summed E-state index contributed by atoms with van der Waals surface area (Å²) in [5.41, 5.74) is 0.285. The Bertz CT molecular complexity index is 698. The third kappa shape index (κ3) is 3.85. The lowest BCUT2D eigenvalue weighted by atomic mass is 9.85. The van der Waals surface area contributed by atoms with Crippen molar-refractivity contribution in [3.8, 4) is 5.75 Å². The molecule has 1 aromatic heterocycles. The molecule has 0 radical (unpaired) electrons. The molecule has 1 saturated carbocycles. The van der Waals surface area contributed by atoms with E-state index in [1.165, 1.54) is 17.2 Å². The summed E-state index contributed by atoms with van der Waals surface area (Å²) in [5.74, 6) is -1.18. The highest BCUT2D eigenvalue weighted by Crippen LogP contribution is 2.25. The quantitative estimate of drug-likeness (QED) is 0.890. The molecule has 0 aliphatic heterocycles. The van der Waals surface area contributed by atoms with E-state index in [-0.39, 0.29) is 24.1 Å². The fraction of sp³-hybridized carbons (Fsp3) is 0.375. The summed E-state index contributed by atoms with van der Waals surface area (Å²) in [6, 6.07) is 4.64. The summed E-state index contributed by atoms with van der Waals surface area (Å²) in [6.45, 7) is 0.599. The minimum atomic E-state index is -0.782. The number of carbonyl (C=O) groups excluding carboxylic acids is 1. The number of rotatable bonds is 6. The van der Waals surface area contributed by atoms with Gasteiger partial charge in [-0.25, -0.2) is 13.5 Å². The van der Waals surface area contributed by atoms with E-state index in [9.17, 15) is 13.6 Å².